The van der Waals surface area contributed by atoms with Crippen molar-refractivity contribution in [1.82, 2.24) is 4.72 Å². The molecule has 3 nitrogen and oxygen atoms in total. The molecule has 1 saturated carbocycles. The van der Waals surface area contributed by atoms with Crippen molar-refractivity contribution in [3.63, 3.8) is 0 Å². The van der Waals surface area contributed by atoms with Crippen LogP contribution in [0, 0.1) is 5.92 Å². The summed E-state index contributed by atoms with van der Waals surface area (Å²) in [6, 6.07) is 3.97. The Bertz CT molecular complexity index is 554. The van der Waals surface area contributed by atoms with Gasteiger partial charge >= 0.3 is 6.18 Å². The maximum atomic E-state index is 13.1. The largest absolute Gasteiger partial charge is 0.598 e. The van der Waals surface area contributed by atoms with Crippen LogP contribution >= 0.6 is 0 Å². The van der Waals surface area contributed by atoms with Gasteiger partial charge in [0.05, 0.1) is 12.2 Å². The van der Waals surface area contributed by atoms with Crippen molar-refractivity contribution in [2.24, 2.45) is 5.92 Å². The van der Waals surface area contributed by atoms with Crippen LogP contribution < -0.4 is 9.46 Å². The summed E-state index contributed by atoms with van der Waals surface area (Å²) in [7, 11) is 0. The zero-order valence-corrected chi connectivity index (χ0v) is 15.0. The maximum absolute atomic E-state index is 13.1. The number of nitrogens with one attached hydrogen (secondary N) is 1. The Balaban J connectivity index is 2.00. The number of rotatable bonds is 7. The van der Waals surface area contributed by atoms with Gasteiger partial charge in [-0.3, -0.25) is 0 Å². The quantitative estimate of drug-likeness (QED) is 0.742. The molecule has 24 heavy (non-hydrogen) atoms. The third-order valence-electron chi connectivity index (χ3n) is 3.73. The molecule has 2 rings (SSSR count). The topological polar surface area (TPSA) is 44.3 Å². The first kappa shape index (κ1) is 19.4. The molecular weight excluding hydrogens is 339 g/mol. The lowest BCUT2D eigenvalue weighted by Crippen LogP contribution is -2.40. The predicted octanol–water partition coefficient (Wildman–Crippen LogP) is 4.09. The number of hydrogen-bond donors (Lipinski definition) is 1. The number of benzene rings is 1. The third kappa shape index (κ3) is 5.86. The molecule has 1 aromatic rings. The van der Waals surface area contributed by atoms with Gasteiger partial charge < -0.3 is 9.29 Å². The first-order valence-electron chi connectivity index (χ1n) is 8.05. The van der Waals surface area contributed by atoms with Crippen LogP contribution in [-0.4, -0.2) is 22.5 Å². The molecule has 0 spiro atoms. The van der Waals surface area contributed by atoms with Gasteiger partial charge in [-0.15, -0.1) is 4.72 Å². The normalized spacial score (nSPS) is 17.0. The summed E-state index contributed by atoms with van der Waals surface area (Å²) in [5.74, 6) is 0.273. The van der Waals surface area contributed by atoms with Crippen molar-refractivity contribution < 1.29 is 22.5 Å². The van der Waals surface area contributed by atoms with Crippen LogP contribution in [0.1, 0.15) is 44.7 Å². The highest BCUT2D eigenvalue weighted by Gasteiger charge is 2.35. The van der Waals surface area contributed by atoms with Gasteiger partial charge in [0.25, 0.3) is 0 Å². The summed E-state index contributed by atoms with van der Waals surface area (Å²) < 4.78 is 59.1. The van der Waals surface area contributed by atoms with E-state index in [9.17, 15) is 17.7 Å². The molecule has 1 fully saturated rings. The van der Waals surface area contributed by atoms with Gasteiger partial charge in [-0.1, -0.05) is 6.07 Å². The Morgan fingerprint density at radius 1 is 1.25 bits per heavy atom. The van der Waals surface area contributed by atoms with Gasteiger partial charge in [0.1, 0.15) is 10.5 Å². The maximum Gasteiger partial charge on any atom is 0.419 e. The van der Waals surface area contributed by atoms with Crippen LogP contribution in [-0.2, 0) is 24.0 Å². The van der Waals surface area contributed by atoms with Crippen LogP contribution in [0.25, 0.3) is 0 Å². The van der Waals surface area contributed by atoms with E-state index in [1.165, 1.54) is 12.1 Å². The van der Waals surface area contributed by atoms with Crippen molar-refractivity contribution >= 4 is 11.4 Å². The van der Waals surface area contributed by atoms with E-state index in [0.29, 0.717) is 25.5 Å². The molecular formula is C17H24F3NO2S. The van der Waals surface area contributed by atoms with Crippen LogP contribution in [0.15, 0.2) is 18.2 Å². The van der Waals surface area contributed by atoms with Gasteiger partial charge in [-0.05, 0) is 63.6 Å². The average molecular weight is 363 g/mol. The van der Waals surface area contributed by atoms with Crippen LogP contribution in [0.4, 0.5) is 13.2 Å². The molecule has 1 aromatic carbocycles. The van der Waals surface area contributed by atoms with Crippen LogP contribution in [0.2, 0.25) is 0 Å². The molecule has 1 aliphatic carbocycles. The highest BCUT2D eigenvalue weighted by Crippen LogP contribution is 2.38. The van der Waals surface area contributed by atoms with Crippen molar-refractivity contribution in [3.05, 3.63) is 29.3 Å². The average Bonchev–Trinajstić information content (AvgIpc) is 3.27. The standard InChI is InChI=1S/C17H24F3NO2S/c1-16(2,3)24(22)21-9-8-12-6-7-14(17(18,19)20)15(10-12)23-11-13-4-5-13/h6-7,10,13,21H,4-5,8-9,11H2,1-3H3. The molecule has 7 heteroatoms. The van der Waals surface area contributed by atoms with E-state index in [2.05, 4.69) is 4.72 Å². The molecule has 1 N–H and O–H groups in total. The summed E-state index contributed by atoms with van der Waals surface area (Å²) in [5.41, 5.74) is -0.00895. The van der Waals surface area contributed by atoms with Gasteiger partial charge in [-0.2, -0.15) is 13.2 Å². The van der Waals surface area contributed by atoms with E-state index in [1.54, 1.807) is 0 Å². The zero-order valence-electron chi connectivity index (χ0n) is 14.2. The molecule has 1 unspecified atom stereocenters. The van der Waals surface area contributed by atoms with E-state index >= 15 is 0 Å². The lowest BCUT2D eigenvalue weighted by Gasteiger charge is -2.23. The zero-order chi connectivity index (χ0) is 18.0. The van der Waals surface area contributed by atoms with Gasteiger partial charge in [0.2, 0.25) is 0 Å². The molecule has 0 heterocycles. The minimum Gasteiger partial charge on any atom is -0.598 e. The monoisotopic (exact) mass is 363 g/mol. The Kier molecular flexibility index (Phi) is 6.09. The fraction of sp³-hybridized carbons (Fsp3) is 0.647. The second kappa shape index (κ2) is 7.54. The predicted molar refractivity (Wildman–Crippen MR) is 89.3 cm³/mol. The van der Waals surface area contributed by atoms with Crippen molar-refractivity contribution in [2.45, 2.75) is 51.0 Å². The number of halogens is 3. The Hall–Kier alpha value is -0.920. The van der Waals surface area contributed by atoms with Crippen molar-refractivity contribution in [2.75, 3.05) is 13.2 Å². The molecule has 0 amide bonds. The summed E-state index contributed by atoms with van der Waals surface area (Å²) in [5, 5.41) is 0. The van der Waals surface area contributed by atoms with Gasteiger partial charge in [0, 0.05) is 17.9 Å². The molecule has 0 saturated heterocycles. The lowest BCUT2D eigenvalue weighted by molar-refractivity contribution is -0.139. The van der Waals surface area contributed by atoms with Crippen LogP contribution in [0.3, 0.4) is 0 Å². The summed E-state index contributed by atoms with van der Waals surface area (Å²) in [4.78, 5) is 0. The number of alkyl halides is 3. The third-order valence-corrected chi connectivity index (χ3v) is 5.30. The Morgan fingerprint density at radius 2 is 1.92 bits per heavy atom. The highest BCUT2D eigenvalue weighted by molar-refractivity contribution is 7.90. The molecule has 1 atom stereocenters. The summed E-state index contributed by atoms with van der Waals surface area (Å²) >= 11 is -1.20. The SMILES string of the molecule is CC(C)(C)[S+]([O-])NCCc1ccc(C(F)(F)F)c(OCC2CC2)c1. The molecule has 136 valence electrons. The minimum absolute atomic E-state index is 0.108. The van der Waals surface area contributed by atoms with E-state index in [4.69, 9.17) is 4.74 Å². The van der Waals surface area contributed by atoms with Crippen LogP contribution in [0.5, 0.6) is 5.75 Å². The number of ether oxygens (including phenoxy) is 1. The molecule has 0 aromatic heterocycles. The van der Waals surface area contributed by atoms with E-state index in [-0.39, 0.29) is 10.5 Å². The molecule has 1 aliphatic rings. The second-order valence-corrected chi connectivity index (χ2v) is 9.16. The summed E-state index contributed by atoms with van der Waals surface area (Å²) in [6.07, 6.45) is -1.91. The van der Waals surface area contributed by atoms with Gasteiger partial charge in [0.15, 0.2) is 0 Å². The Morgan fingerprint density at radius 3 is 2.46 bits per heavy atom. The van der Waals surface area contributed by atoms with E-state index in [1.807, 2.05) is 20.8 Å². The highest BCUT2D eigenvalue weighted by atomic mass is 32.2. The van der Waals surface area contributed by atoms with Crippen molar-refractivity contribution in [3.8, 4) is 5.75 Å². The van der Waals surface area contributed by atoms with Gasteiger partial charge in [-0.25, -0.2) is 0 Å². The van der Waals surface area contributed by atoms with E-state index < -0.39 is 23.1 Å². The molecule has 0 aliphatic heterocycles. The number of hydrogen-bond acceptors (Lipinski definition) is 3. The second-order valence-electron chi connectivity index (χ2n) is 7.11. The fourth-order valence-electron chi connectivity index (χ4n) is 2.07. The first-order chi connectivity index (χ1) is 11.1. The Labute approximate surface area is 144 Å². The molecule has 0 bridgehead atoms. The smallest absolute Gasteiger partial charge is 0.419 e. The van der Waals surface area contributed by atoms with E-state index in [0.717, 1.165) is 24.5 Å². The fourth-order valence-corrected chi connectivity index (χ4v) is 2.79. The minimum atomic E-state index is -4.43. The molecule has 0 radical (unpaired) electrons. The van der Waals surface area contributed by atoms with Crippen molar-refractivity contribution in [1.29, 1.82) is 0 Å². The summed E-state index contributed by atoms with van der Waals surface area (Å²) in [6.45, 7) is 6.34. The lowest BCUT2D eigenvalue weighted by atomic mass is 10.1. The first-order valence-corrected chi connectivity index (χ1v) is 9.20.